The second-order valence-electron chi connectivity index (χ2n) is 20.1. The number of unbranched alkanes of at least 4 members (excludes halogenated alkanes) is 24. The highest BCUT2D eigenvalue weighted by molar-refractivity contribution is 7.45. The van der Waals surface area contributed by atoms with Gasteiger partial charge >= 0.3 is 5.97 Å². The quantitative estimate of drug-likeness (QED) is 0.0212. The van der Waals surface area contributed by atoms with Crippen LogP contribution in [0.25, 0.3) is 0 Å². The molecule has 0 aromatic heterocycles. The molecule has 0 radical (unpaired) electrons. The summed E-state index contributed by atoms with van der Waals surface area (Å²) in [5.74, 6) is -0.627. The van der Waals surface area contributed by atoms with Gasteiger partial charge in [0, 0.05) is 12.8 Å². The van der Waals surface area contributed by atoms with Gasteiger partial charge in [-0.15, -0.1) is 0 Å². The number of phosphoric ester groups is 1. The Morgan fingerprint density at radius 1 is 0.507 bits per heavy atom. The van der Waals surface area contributed by atoms with Crippen molar-refractivity contribution in [2.45, 2.75) is 251 Å². The Labute approximate surface area is 425 Å². The van der Waals surface area contributed by atoms with E-state index in [0.29, 0.717) is 23.9 Å². The summed E-state index contributed by atoms with van der Waals surface area (Å²) in [7, 11) is 1.14. The second kappa shape index (κ2) is 49.0. The van der Waals surface area contributed by atoms with E-state index in [4.69, 9.17) is 13.8 Å². The SMILES string of the molecule is CCCCC/C=C\C/C=C\C/C=C\C/C=C\CCCC(=O)NC(COP(=O)([O-])OCC[N+](C)(C)C)C(/C=C\CCCCCCCCCCCCC)OC(=O)CCCCC/C=C\CCCCCCCC. The average Bonchev–Trinajstić information content (AvgIpc) is 3.31. The molecule has 0 aliphatic heterocycles. The standard InChI is InChI=1S/C59H107N2O7P/c1-7-10-13-16-19-22-25-28-29-30-31-34-36-39-42-45-48-51-58(62)60-56(55-67-69(64,65)66-54-53-61(4,5)6)57(50-47-44-41-38-35-32-26-23-20-17-14-11-8-2)68-59(63)52-49-46-43-40-37-33-27-24-21-18-15-12-9-3/h19,22,28-29,31,33-34,37,39,42,47,50,56-57H,7-18,20-21,23-27,30,32,35-36,38,40-41,43-46,48-49,51-55H2,1-6H3,(H-,60,62,64,65)/b22-19-,29-28-,34-31-,37-33-,42-39-,50-47-. The molecular formula is C59H107N2O7P. The van der Waals surface area contributed by atoms with E-state index in [-0.39, 0.29) is 31.3 Å². The third kappa shape index (κ3) is 50.2. The maximum Gasteiger partial charge on any atom is 0.306 e. The lowest BCUT2D eigenvalue weighted by Crippen LogP contribution is -2.47. The maximum atomic E-state index is 13.4. The number of rotatable bonds is 50. The van der Waals surface area contributed by atoms with Gasteiger partial charge in [0.2, 0.25) is 5.91 Å². The van der Waals surface area contributed by atoms with Crippen LogP contribution in [-0.2, 0) is 27.9 Å². The molecule has 0 aromatic rings. The highest BCUT2D eigenvalue weighted by Gasteiger charge is 2.27. The van der Waals surface area contributed by atoms with E-state index in [2.05, 4.69) is 86.8 Å². The number of carbonyl (C=O) groups is 2. The zero-order valence-electron chi connectivity index (χ0n) is 45.5. The first kappa shape index (κ1) is 66.5. The summed E-state index contributed by atoms with van der Waals surface area (Å²) in [5, 5.41) is 2.98. The van der Waals surface area contributed by atoms with Crippen molar-refractivity contribution in [1.29, 1.82) is 0 Å². The lowest BCUT2D eigenvalue weighted by molar-refractivity contribution is -0.870. The molecule has 0 fully saturated rings. The Bertz CT molecular complexity index is 1420. The van der Waals surface area contributed by atoms with Crippen molar-refractivity contribution in [2.24, 2.45) is 0 Å². The molecular weight excluding hydrogens is 880 g/mol. The molecule has 0 heterocycles. The zero-order valence-corrected chi connectivity index (χ0v) is 46.4. The van der Waals surface area contributed by atoms with Gasteiger partial charge in [0.15, 0.2) is 0 Å². The molecule has 9 nitrogen and oxygen atoms in total. The summed E-state index contributed by atoms with van der Waals surface area (Å²) < 4.78 is 30.1. The Morgan fingerprint density at radius 2 is 0.899 bits per heavy atom. The Morgan fingerprint density at radius 3 is 1.39 bits per heavy atom. The van der Waals surface area contributed by atoms with Crippen LogP contribution in [0.5, 0.6) is 0 Å². The van der Waals surface area contributed by atoms with Crippen molar-refractivity contribution in [3.8, 4) is 0 Å². The zero-order chi connectivity index (χ0) is 50.8. The fourth-order valence-electron chi connectivity index (χ4n) is 7.68. The number of nitrogens with zero attached hydrogens (tertiary/aromatic N) is 1. The van der Waals surface area contributed by atoms with Crippen LogP contribution in [0, 0.1) is 0 Å². The van der Waals surface area contributed by atoms with Gasteiger partial charge in [-0.2, -0.15) is 0 Å². The lowest BCUT2D eigenvalue weighted by Gasteiger charge is -2.30. The minimum atomic E-state index is -4.71. The molecule has 3 atom stereocenters. The van der Waals surface area contributed by atoms with Gasteiger partial charge in [-0.3, -0.25) is 14.2 Å². The Kier molecular flexibility index (Phi) is 47.2. The predicted octanol–water partition coefficient (Wildman–Crippen LogP) is 16.3. The smallest absolute Gasteiger partial charge is 0.306 e. The molecule has 0 saturated carbocycles. The number of esters is 1. The van der Waals surface area contributed by atoms with Gasteiger partial charge in [-0.1, -0.05) is 203 Å². The first-order chi connectivity index (χ1) is 33.4. The van der Waals surface area contributed by atoms with E-state index >= 15 is 0 Å². The number of allylic oxidation sites excluding steroid dienone is 11. The van der Waals surface area contributed by atoms with E-state index in [1.54, 1.807) is 0 Å². The fourth-order valence-corrected chi connectivity index (χ4v) is 8.41. The van der Waals surface area contributed by atoms with Crippen LogP contribution in [0.2, 0.25) is 0 Å². The minimum absolute atomic E-state index is 0.0367. The number of quaternary nitrogens is 1. The van der Waals surface area contributed by atoms with Gasteiger partial charge in [0.05, 0.1) is 33.8 Å². The molecule has 400 valence electrons. The summed E-state index contributed by atoms with van der Waals surface area (Å²) >= 11 is 0. The topological polar surface area (TPSA) is 114 Å². The average molecular weight is 987 g/mol. The van der Waals surface area contributed by atoms with Crippen LogP contribution in [0.3, 0.4) is 0 Å². The Hall–Kier alpha value is -2.55. The van der Waals surface area contributed by atoms with Crippen molar-refractivity contribution in [2.75, 3.05) is 40.9 Å². The van der Waals surface area contributed by atoms with Gasteiger partial charge in [0.1, 0.15) is 19.3 Å². The summed E-state index contributed by atoms with van der Waals surface area (Å²) in [6.07, 6.45) is 61.6. The number of hydrogen-bond acceptors (Lipinski definition) is 7. The van der Waals surface area contributed by atoms with Crippen LogP contribution >= 0.6 is 7.82 Å². The first-order valence-electron chi connectivity index (χ1n) is 28.2. The molecule has 0 aromatic carbocycles. The molecule has 3 unspecified atom stereocenters. The molecule has 0 spiro atoms. The third-order valence-electron chi connectivity index (χ3n) is 12.1. The van der Waals surface area contributed by atoms with Crippen LogP contribution < -0.4 is 10.2 Å². The lowest BCUT2D eigenvalue weighted by atomic mass is 10.0. The predicted molar refractivity (Wildman–Crippen MR) is 293 cm³/mol. The van der Waals surface area contributed by atoms with E-state index in [0.717, 1.165) is 70.6 Å². The maximum absolute atomic E-state index is 13.4. The summed E-state index contributed by atoms with van der Waals surface area (Å²) in [5.41, 5.74) is 0. The van der Waals surface area contributed by atoms with Crippen LogP contribution in [0.1, 0.15) is 239 Å². The summed E-state index contributed by atoms with van der Waals surface area (Å²) in [4.78, 5) is 39.8. The van der Waals surface area contributed by atoms with E-state index in [1.165, 1.54) is 122 Å². The number of phosphoric acid groups is 1. The second-order valence-corrected chi connectivity index (χ2v) is 21.5. The summed E-state index contributed by atoms with van der Waals surface area (Å²) in [6.45, 7) is 6.74. The van der Waals surface area contributed by atoms with E-state index in [9.17, 15) is 19.0 Å². The van der Waals surface area contributed by atoms with Crippen LogP contribution in [0.4, 0.5) is 0 Å². The molecule has 0 bridgehead atoms. The van der Waals surface area contributed by atoms with Crippen molar-refractivity contribution in [3.05, 3.63) is 72.9 Å². The number of hydrogen-bond donors (Lipinski definition) is 1. The minimum Gasteiger partial charge on any atom is -0.756 e. The molecule has 0 saturated heterocycles. The van der Waals surface area contributed by atoms with Crippen LogP contribution in [-0.4, -0.2) is 69.4 Å². The number of amides is 1. The van der Waals surface area contributed by atoms with E-state index in [1.807, 2.05) is 33.3 Å². The first-order valence-corrected chi connectivity index (χ1v) is 29.7. The van der Waals surface area contributed by atoms with Gasteiger partial charge in [-0.05, 0) is 96.0 Å². The fraction of sp³-hybridized carbons (Fsp3) is 0.763. The van der Waals surface area contributed by atoms with Gasteiger partial charge in [-0.25, -0.2) is 0 Å². The molecule has 0 rings (SSSR count). The van der Waals surface area contributed by atoms with Gasteiger partial charge < -0.3 is 28.5 Å². The molecule has 10 heteroatoms. The highest BCUT2D eigenvalue weighted by atomic mass is 31.2. The Balaban J connectivity index is 5.51. The number of carbonyl (C=O) groups excluding carboxylic acids is 2. The number of nitrogens with one attached hydrogen (secondary N) is 1. The monoisotopic (exact) mass is 987 g/mol. The van der Waals surface area contributed by atoms with Gasteiger partial charge in [0.25, 0.3) is 7.82 Å². The number of likely N-dealkylation sites (N-methyl/N-ethyl adjacent to an activating group) is 1. The van der Waals surface area contributed by atoms with Crippen molar-refractivity contribution >= 4 is 19.7 Å². The highest BCUT2D eigenvalue weighted by Crippen LogP contribution is 2.38. The van der Waals surface area contributed by atoms with Crippen molar-refractivity contribution in [3.63, 3.8) is 0 Å². The van der Waals surface area contributed by atoms with Crippen molar-refractivity contribution < 1.29 is 37.3 Å². The molecule has 0 aliphatic carbocycles. The summed E-state index contributed by atoms with van der Waals surface area (Å²) in [6, 6.07) is -0.923. The van der Waals surface area contributed by atoms with E-state index < -0.39 is 26.6 Å². The van der Waals surface area contributed by atoms with Crippen molar-refractivity contribution in [1.82, 2.24) is 5.32 Å². The molecule has 69 heavy (non-hydrogen) atoms. The number of ether oxygens (including phenoxy) is 1. The third-order valence-corrected chi connectivity index (χ3v) is 13.1. The largest absolute Gasteiger partial charge is 0.756 e. The normalized spacial score (nSPS) is 14.4. The molecule has 1 amide bonds. The molecule has 1 N–H and O–H groups in total. The molecule has 0 aliphatic rings. The van der Waals surface area contributed by atoms with Crippen LogP contribution in [0.15, 0.2) is 72.9 Å².